The topological polar surface area (TPSA) is 41.6 Å². The highest BCUT2D eigenvalue weighted by Gasteiger charge is 2.28. The van der Waals surface area contributed by atoms with Crippen molar-refractivity contribution in [1.29, 1.82) is 0 Å². The molecule has 25 heavy (non-hydrogen) atoms. The van der Waals surface area contributed by atoms with Gasteiger partial charge in [-0.1, -0.05) is 31.5 Å². The Bertz CT molecular complexity index is 744. The number of nitrogens with zero attached hydrogens (tertiary/aromatic N) is 1. The molecule has 0 aromatic heterocycles. The Balaban J connectivity index is 1.64. The molecule has 1 aliphatic heterocycles. The normalized spacial score (nSPS) is 20.7. The zero-order valence-electron chi connectivity index (χ0n) is 15.4. The Morgan fingerprint density at radius 1 is 1.24 bits per heavy atom. The number of nitrogens with one attached hydrogen (secondary N) is 1. The van der Waals surface area contributed by atoms with Crippen molar-refractivity contribution in [2.45, 2.75) is 39.3 Å². The van der Waals surface area contributed by atoms with Crippen LogP contribution in [0.3, 0.4) is 0 Å². The third kappa shape index (κ3) is 4.13. The van der Waals surface area contributed by atoms with Crippen LogP contribution in [0.25, 0.3) is 10.8 Å². The first-order chi connectivity index (χ1) is 12.1. The summed E-state index contributed by atoms with van der Waals surface area (Å²) in [5.41, 5.74) is 1.29. The fourth-order valence-corrected chi connectivity index (χ4v) is 3.76. The van der Waals surface area contributed by atoms with Gasteiger partial charge >= 0.3 is 0 Å². The number of likely N-dealkylation sites (tertiary alicyclic amines) is 1. The molecule has 2 aromatic carbocycles. The summed E-state index contributed by atoms with van der Waals surface area (Å²) in [5.74, 6) is 1.62. The van der Waals surface area contributed by atoms with E-state index in [1.807, 2.05) is 11.0 Å². The Labute approximate surface area is 150 Å². The Morgan fingerprint density at radius 2 is 2.00 bits per heavy atom. The van der Waals surface area contributed by atoms with Gasteiger partial charge in [0.2, 0.25) is 5.91 Å². The van der Waals surface area contributed by atoms with Crippen LogP contribution in [0.2, 0.25) is 0 Å². The SMILES string of the molecule is CC[C@@H]1CN(C(C)=O)CC[C@@H]1NCc1ccc2cc(OC)ccc2c1. The summed E-state index contributed by atoms with van der Waals surface area (Å²) in [4.78, 5) is 13.6. The summed E-state index contributed by atoms with van der Waals surface area (Å²) in [6.07, 6.45) is 2.13. The number of ether oxygens (including phenoxy) is 1. The first-order valence-electron chi connectivity index (χ1n) is 9.16. The molecule has 0 radical (unpaired) electrons. The molecule has 1 aliphatic rings. The van der Waals surface area contributed by atoms with Crippen LogP contribution in [0, 0.1) is 5.92 Å². The summed E-state index contributed by atoms with van der Waals surface area (Å²) < 4.78 is 5.29. The largest absolute Gasteiger partial charge is 0.497 e. The maximum absolute atomic E-state index is 11.6. The van der Waals surface area contributed by atoms with Gasteiger partial charge in [-0.2, -0.15) is 0 Å². The minimum atomic E-state index is 0.196. The van der Waals surface area contributed by atoms with Gasteiger partial charge in [-0.25, -0.2) is 0 Å². The molecule has 0 saturated carbocycles. The molecule has 2 atom stereocenters. The smallest absolute Gasteiger partial charge is 0.219 e. The molecule has 4 nitrogen and oxygen atoms in total. The van der Waals surface area contributed by atoms with Gasteiger partial charge in [0, 0.05) is 32.6 Å². The fraction of sp³-hybridized carbons (Fsp3) is 0.476. The number of carbonyl (C=O) groups is 1. The second-order valence-electron chi connectivity index (χ2n) is 6.96. The van der Waals surface area contributed by atoms with Gasteiger partial charge in [-0.15, -0.1) is 0 Å². The third-order valence-corrected chi connectivity index (χ3v) is 5.38. The molecular weight excluding hydrogens is 312 g/mol. The fourth-order valence-electron chi connectivity index (χ4n) is 3.76. The van der Waals surface area contributed by atoms with E-state index in [9.17, 15) is 4.79 Å². The number of piperidine rings is 1. The van der Waals surface area contributed by atoms with E-state index in [2.05, 4.69) is 42.6 Å². The standard InChI is InChI=1S/C21H28N2O2/c1-4-17-14-23(15(2)24)10-9-21(17)22-13-16-5-6-19-12-20(25-3)8-7-18(19)11-16/h5-8,11-12,17,21-22H,4,9-10,13-14H2,1-3H3/t17-,21+/m1/s1. The van der Waals surface area contributed by atoms with Crippen LogP contribution in [0.4, 0.5) is 0 Å². The van der Waals surface area contributed by atoms with E-state index >= 15 is 0 Å². The minimum Gasteiger partial charge on any atom is -0.497 e. The van der Waals surface area contributed by atoms with Crippen molar-refractivity contribution in [3.63, 3.8) is 0 Å². The van der Waals surface area contributed by atoms with Gasteiger partial charge < -0.3 is 15.0 Å². The highest BCUT2D eigenvalue weighted by molar-refractivity contribution is 5.84. The molecular formula is C21H28N2O2. The lowest BCUT2D eigenvalue weighted by Gasteiger charge is -2.38. The van der Waals surface area contributed by atoms with E-state index in [4.69, 9.17) is 4.74 Å². The Morgan fingerprint density at radius 3 is 2.72 bits per heavy atom. The monoisotopic (exact) mass is 340 g/mol. The second-order valence-corrected chi connectivity index (χ2v) is 6.96. The Kier molecular flexibility index (Phi) is 5.59. The maximum atomic E-state index is 11.6. The maximum Gasteiger partial charge on any atom is 0.219 e. The molecule has 1 amide bonds. The first-order valence-corrected chi connectivity index (χ1v) is 9.16. The lowest BCUT2D eigenvalue weighted by Crippen LogP contribution is -2.50. The lowest BCUT2D eigenvalue weighted by atomic mass is 9.89. The number of methoxy groups -OCH3 is 1. The zero-order valence-corrected chi connectivity index (χ0v) is 15.4. The van der Waals surface area contributed by atoms with E-state index < -0.39 is 0 Å². The van der Waals surface area contributed by atoms with Crippen molar-refractivity contribution in [2.24, 2.45) is 5.92 Å². The quantitative estimate of drug-likeness (QED) is 0.904. The first kappa shape index (κ1) is 17.7. The van der Waals surface area contributed by atoms with Crippen LogP contribution in [-0.4, -0.2) is 37.0 Å². The molecule has 1 N–H and O–H groups in total. The summed E-state index contributed by atoms with van der Waals surface area (Å²) in [6.45, 7) is 6.49. The highest BCUT2D eigenvalue weighted by Crippen LogP contribution is 2.23. The number of rotatable bonds is 5. The second kappa shape index (κ2) is 7.87. The van der Waals surface area contributed by atoms with Crippen molar-refractivity contribution >= 4 is 16.7 Å². The average molecular weight is 340 g/mol. The molecule has 0 spiro atoms. The molecule has 0 aliphatic carbocycles. The van der Waals surface area contributed by atoms with Gasteiger partial charge in [0.15, 0.2) is 0 Å². The van der Waals surface area contributed by atoms with Crippen LogP contribution < -0.4 is 10.1 Å². The van der Waals surface area contributed by atoms with E-state index in [0.717, 1.165) is 38.2 Å². The molecule has 4 heteroatoms. The average Bonchev–Trinajstić information content (AvgIpc) is 2.65. The summed E-state index contributed by atoms with van der Waals surface area (Å²) in [7, 11) is 1.70. The van der Waals surface area contributed by atoms with Crippen molar-refractivity contribution in [3.05, 3.63) is 42.0 Å². The van der Waals surface area contributed by atoms with Gasteiger partial charge in [0.25, 0.3) is 0 Å². The zero-order chi connectivity index (χ0) is 17.8. The Hall–Kier alpha value is -2.07. The van der Waals surface area contributed by atoms with Gasteiger partial charge in [-0.05, 0) is 46.9 Å². The van der Waals surface area contributed by atoms with E-state index in [0.29, 0.717) is 12.0 Å². The van der Waals surface area contributed by atoms with Crippen LogP contribution in [-0.2, 0) is 11.3 Å². The molecule has 3 rings (SSSR count). The molecule has 1 saturated heterocycles. The van der Waals surface area contributed by atoms with Crippen molar-refractivity contribution in [3.8, 4) is 5.75 Å². The summed E-state index contributed by atoms with van der Waals surface area (Å²) >= 11 is 0. The molecule has 134 valence electrons. The van der Waals surface area contributed by atoms with Crippen LogP contribution in [0.5, 0.6) is 5.75 Å². The van der Waals surface area contributed by atoms with E-state index in [-0.39, 0.29) is 5.91 Å². The summed E-state index contributed by atoms with van der Waals surface area (Å²) in [5, 5.41) is 6.16. The van der Waals surface area contributed by atoms with Crippen molar-refractivity contribution in [1.82, 2.24) is 10.2 Å². The number of carbonyl (C=O) groups excluding carboxylic acids is 1. The van der Waals surface area contributed by atoms with Gasteiger partial charge in [0.1, 0.15) is 5.75 Å². The van der Waals surface area contributed by atoms with Crippen molar-refractivity contribution in [2.75, 3.05) is 20.2 Å². The van der Waals surface area contributed by atoms with Crippen LogP contribution >= 0.6 is 0 Å². The molecule has 1 heterocycles. The number of amides is 1. The number of benzene rings is 2. The van der Waals surface area contributed by atoms with E-state index in [1.165, 1.54) is 16.3 Å². The van der Waals surface area contributed by atoms with Crippen molar-refractivity contribution < 1.29 is 9.53 Å². The molecule has 0 unspecified atom stereocenters. The molecule has 2 aromatic rings. The van der Waals surface area contributed by atoms with E-state index in [1.54, 1.807) is 14.0 Å². The summed E-state index contributed by atoms with van der Waals surface area (Å²) in [6, 6.07) is 13.2. The van der Waals surface area contributed by atoms with Gasteiger partial charge in [0.05, 0.1) is 7.11 Å². The third-order valence-electron chi connectivity index (χ3n) is 5.38. The van der Waals surface area contributed by atoms with Crippen LogP contribution in [0.1, 0.15) is 32.3 Å². The number of fused-ring (bicyclic) bond motifs is 1. The lowest BCUT2D eigenvalue weighted by molar-refractivity contribution is -0.131. The number of hydrogen-bond acceptors (Lipinski definition) is 3. The van der Waals surface area contributed by atoms with Gasteiger partial charge in [-0.3, -0.25) is 4.79 Å². The predicted octanol–water partition coefficient (Wildman–Crippen LogP) is 3.59. The van der Waals surface area contributed by atoms with Crippen LogP contribution in [0.15, 0.2) is 36.4 Å². The predicted molar refractivity (Wildman–Crippen MR) is 102 cm³/mol. The number of hydrogen-bond donors (Lipinski definition) is 1. The molecule has 0 bridgehead atoms. The minimum absolute atomic E-state index is 0.196. The molecule has 1 fully saturated rings. The highest BCUT2D eigenvalue weighted by atomic mass is 16.5.